The monoisotopic (exact) mass is 240 g/mol. The Bertz CT molecular complexity index is 355. The van der Waals surface area contributed by atoms with Crippen molar-refractivity contribution in [2.24, 2.45) is 5.73 Å². The van der Waals surface area contributed by atoms with Gasteiger partial charge in [0.15, 0.2) is 11.5 Å². The third-order valence-corrected chi connectivity index (χ3v) is 2.58. The van der Waals surface area contributed by atoms with Gasteiger partial charge in [-0.2, -0.15) is 0 Å². The molecule has 5 heteroatoms. The number of hydrogen-bond acceptors (Lipinski definition) is 5. The summed E-state index contributed by atoms with van der Waals surface area (Å²) in [6, 6.07) is 3.71. The van der Waals surface area contributed by atoms with Gasteiger partial charge in [0.1, 0.15) is 0 Å². The summed E-state index contributed by atoms with van der Waals surface area (Å²) in [6.45, 7) is 0. The molecule has 1 unspecified atom stereocenters. The van der Waals surface area contributed by atoms with Crippen LogP contribution in [0.1, 0.15) is 11.7 Å². The predicted molar refractivity (Wildman–Crippen MR) is 66.7 cm³/mol. The molecule has 0 radical (unpaired) electrons. The van der Waals surface area contributed by atoms with E-state index in [4.69, 9.17) is 19.9 Å². The maximum atomic E-state index is 6.05. The molecule has 0 fully saturated rings. The molecule has 0 saturated carbocycles. The molecule has 1 aromatic carbocycles. The van der Waals surface area contributed by atoms with Crippen LogP contribution in [0, 0.1) is 0 Å². The Labute approximate surface area is 102 Å². The smallest absolute Gasteiger partial charge is 0.203 e. The van der Waals surface area contributed by atoms with Gasteiger partial charge in [-0.15, -0.1) is 0 Å². The van der Waals surface area contributed by atoms with Crippen molar-refractivity contribution >= 4 is 0 Å². The van der Waals surface area contributed by atoms with Crippen LogP contribution in [0.25, 0.3) is 0 Å². The lowest BCUT2D eigenvalue weighted by atomic mass is 10.1. The second kappa shape index (κ2) is 5.75. The van der Waals surface area contributed by atoms with Crippen LogP contribution in [-0.4, -0.2) is 40.3 Å². The Balaban J connectivity index is 3.27. The summed E-state index contributed by atoms with van der Waals surface area (Å²) in [5.41, 5.74) is 6.96. The molecule has 0 aliphatic carbocycles. The molecule has 0 aromatic heterocycles. The second-order valence-corrected chi connectivity index (χ2v) is 3.87. The molecule has 17 heavy (non-hydrogen) atoms. The van der Waals surface area contributed by atoms with Gasteiger partial charge in [0, 0.05) is 0 Å². The number of methoxy groups -OCH3 is 3. The third kappa shape index (κ3) is 2.81. The van der Waals surface area contributed by atoms with E-state index in [1.165, 1.54) is 0 Å². The average Bonchev–Trinajstić information content (AvgIpc) is 2.35. The molecule has 0 aliphatic heterocycles. The first-order valence-electron chi connectivity index (χ1n) is 5.27. The largest absolute Gasteiger partial charge is 0.493 e. The van der Waals surface area contributed by atoms with E-state index in [-0.39, 0.29) is 6.17 Å². The van der Waals surface area contributed by atoms with Crippen LogP contribution in [0.4, 0.5) is 0 Å². The average molecular weight is 240 g/mol. The van der Waals surface area contributed by atoms with E-state index in [1.54, 1.807) is 21.3 Å². The van der Waals surface area contributed by atoms with Crippen LogP contribution in [-0.2, 0) is 0 Å². The molecule has 96 valence electrons. The van der Waals surface area contributed by atoms with Gasteiger partial charge < -0.3 is 19.9 Å². The van der Waals surface area contributed by atoms with E-state index in [0.29, 0.717) is 17.2 Å². The van der Waals surface area contributed by atoms with E-state index >= 15 is 0 Å². The molecule has 1 rings (SSSR count). The van der Waals surface area contributed by atoms with Gasteiger partial charge in [-0.05, 0) is 31.8 Å². The minimum atomic E-state index is -0.219. The number of benzene rings is 1. The molecule has 0 heterocycles. The molecule has 1 atom stereocenters. The lowest BCUT2D eigenvalue weighted by molar-refractivity contribution is 0.298. The molecule has 2 N–H and O–H groups in total. The molecule has 1 aromatic rings. The lowest BCUT2D eigenvalue weighted by Crippen LogP contribution is -2.27. The zero-order valence-electron chi connectivity index (χ0n) is 11.0. The van der Waals surface area contributed by atoms with E-state index < -0.39 is 0 Å². The summed E-state index contributed by atoms with van der Waals surface area (Å²) in [5.74, 6) is 1.79. The van der Waals surface area contributed by atoms with Crippen LogP contribution in [0.5, 0.6) is 17.2 Å². The van der Waals surface area contributed by atoms with Crippen molar-refractivity contribution in [3.63, 3.8) is 0 Å². The number of ether oxygens (including phenoxy) is 3. The van der Waals surface area contributed by atoms with Gasteiger partial charge in [0.25, 0.3) is 0 Å². The molecule has 0 bridgehead atoms. The van der Waals surface area contributed by atoms with Gasteiger partial charge in [-0.1, -0.05) is 0 Å². The Hall–Kier alpha value is -1.46. The summed E-state index contributed by atoms with van der Waals surface area (Å²) in [7, 11) is 8.57. The standard InChI is InChI=1S/C12H20N2O3/c1-14(2)12(13)8-6-9(15-3)11(17-5)10(7-8)16-4/h6-7,12H,13H2,1-5H3. The van der Waals surface area contributed by atoms with E-state index in [2.05, 4.69) is 0 Å². The first kappa shape index (κ1) is 13.6. The summed E-state index contributed by atoms with van der Waals surface area (Å²) in [5, 5.41) is 0. The zero-order valence-corrected chi connectivity index (χ0v) is 11.0. The predicted octanol–water partition coefficient (Wildman–Crippen LogP) is 1.23. The maximum Gasteiger partial charge on any atom is 0.203 e. The number of hydrogen-bond donors (Lipinski definition) is 1. The Kier molecular flexibility index (Phi) is 4.60. The number of nitrogens with zero attached hydrogens (tertiary/aromatic N) is 1. The Morgan fingerprint density at radius 2 is 1.47 bits per heavy atom. The van der Waals surface area contributed by atoms with Gasteiger partial charge in [-0.3, -0.25) is 4.90 Å². The quantitative estimate of drug-likeness (QED) is 0.784. The van der Waals surface area contributed by atoms with Gasteiger partial charge >= 0.3 is 0 Å². The number of rotatable bonds is 5. The minimum Gasteiger partial charge on any atom is -0.493 e. The fourth-order valence-electron chi connectivity index (χ4n) is 1.57. The van der Waals surface area contributed by atoms with Gasteiger partial charge in [0.2, 0.25) is 5.75 Å². The van der Waals surface area contributed by atoms with Crippen molar-refractivity contribution in [1.29, 1.82) is 0 Å². The summed E-state index contributed by atoms with van der Waals surface area (Å²) in [4.78, 5) is 1.90. The zero-order chi connectivity index (χ0) is 13.0. The van der Waals surface area contributed by atoms with Gasteiger partial charge in [0.05, 0.1) is 27.5 Å². The highest BCUT2D eigenvalue weighted by Crippen LogP contribution is 2.39. The molecular weight excluding hydrogens is 220 g/mol. The van der Waals surface area contributed by atoms with Crippen molar-refractivity contribution in [2.75, 3.05) is 35.4 Å². The van der Waals surface area contributed by atoms with Gasteiger partial charge in [-0.25, -0.2) is 0 Å². The van der Waals surface area contributed by atoms with E-state index in [0.717, 1.165) is 5.56 Å². The summed E-state index contributed by atoms with van der Waals surface area (Å²) >= 11 is 0. The maximum absolute atomic E-state index is 6.05. The second-order valence-electron chi connectivity index (χ2n) is 3.87. The molecule has 5 nitrogen and oxygen atoms in total. The van der Waals surface area contributed by atoms with Crippen molar-refractivity contribution in [3.05, 3.63) is 17.7 Å². The van der Waals surface area contributed by atoms with Crippen LogP contribution in [0.3, 0.4) is 0 Å². The van der Waals surface area contributed by atoms with Crippen LogP contribution >= 0.6 is 0 Å². The van der Waals surface area contributed by atoms with Crippen LogP contribution in [0.15, 0.2) is 12.1 Å². The van der Waals surface area contributed by atoms with Crippen LogP contribution in [0.2, 0.25) is 0 Å². The van der Waals surface area contributed by atoms with E-state index in [1.807, 2.05) is 31.1 Å². The Morgan fingerprint density at radius 1 is 1.00 bits per heavy atom. The number of nitrogens with two attached hydrogens (primary N) is 1. The van der Waals surface area contributed by atoms with Crippen molar-refractivity contribution < 1.29 is 14.2 Å². The molecule has 0 saturated heterocycles. The third-order valence-electron chi connectivity index (χ3n) is 2.58. The SMILES string of the molecule is COc1cc(C(N)N(C)C)cc(OC)c1OC. The van der Waals surface area contributed by atoms with Crippen LogP contribution < -0.4 is 19.9 Å². The lowest BCUT2D eigenvalue weighted by Gasteiger charge is -2.22. The summed E-state index contributed by atoms with van der Waals surface area (Å²) < 4.78 is 15.8. The Morgan fingerprint density at radius 3 is 1.76 bits per heavy atom. The fourth-order valence-corrected chi connectivity index (χ4v) is 1.57. The van der Waals surface area contributed by atoms with Crippen molar-refractivity contribution in [2.45, 2.75) is 6.17 Å². The van der Waals surface area contributed by atoms with Crippen molar-refractivity contribution in [1.82, 2.24) is 4.90 Å². The molecular formula is C12H20N2O3. The first-order chi connectivity index (χ1) is 8.04. The normalized spacial score (nSPS) is 12.4. The van der Waals surface area contributed by atoms with E-state index in [9.17, 15) is 0 Å². The minimum absolute atomic E-state index is 0.219. The molecule has 0 amide bonds. The highest BCUT2D eigenvalue weighted by Gasteiger charge is 2.17. The summed E-state index contributed by atoms with van der Waals surface area (Å²) in [6.07, 6.45) is -0.219. The van der Waals surface area contributed by atoms with Crippen molar-refractivity contribution in [3.8, 4) is 17.2 Å². The first-order valence-corrected chi connectivity index (χ1v) is 5.27. The fraction of sp³-hybridized carbons (Fsp3) is 0.500. The topological polar surface area (TPSA) is 57.0 Å². The highest BCUT2D eigenvalue weighted by molar-refractivity contribution is 5.54. The highest BCUT2D eigenvalue weighted by atomic mass is 16.5. The molecule has 0 aliphatic rings. The molecule has 0 spiro atoms.